The summed E-state index contributed by atoms with van der Waals surface area (Å²) in [5.74, 6) is 1.52. The zero-order chi connectivity index (χ0) is 17.9. The predicted molar refractivity (Wildman–Crippen MR) is 102 cm³/mol. The van der Waals surface area contributed by atoms with Gasteiger partial charge >= 0.3 is 0 Å². The molecule has 0 aliphatic carbocycles. The molecule has 3 aromatic rings. The molecule has 0 saturated carbocycles. The third-order valence-electron chi connectivity index (χ3n) is 4.57. The smallest absolute Gasteiger partial charge is 0.229 e. The maximum absolute atomic E-state index is 11.5. The monoisotopic (exact) mass is 348 g/mol. The molecule has 1 aliphatic rings. The van der Waals surface area contributed by atoms with Gasteiger partial charge in [-0.15, -0.1) is 0 Å². The molecule has 1 aromatic carbocycles. The number of anilines is 3. The van der Waals surface area contributed by atoms with Crippen LogP contribution < -0.4 is 10.2 Å². The van der Waals surface area contributed by atoms with Crippen LogP contribution in [0.2, 0.25) is 0 Å². The first-order valence-corrected chi connectivity index (χ1v) is 8.65. The van der Waals surface area contributed by atoms with Gasteiger partial charge in [-0.2, -0.15) is 4.98 Å². The maximum atomic E-state index is 11.5. The minimum absolute atomic E-state index is 0.123. The van der Waals surface area contributed by atoms with E-state index in [1.807, 2.05) is 41.3 Å². The Kier molecular flexibility index (Phi) is 4.35. The van der Waals surface area contributed by atoms with Crippen LogP contribution in [-0.2, 0) is 4.79 Å². The Hall–Kier alpha value is -3.22. The van der Waals surface area contributed by atoms with E-state index < -0.39 is 0 Å². The van der Waals surface area contributed by atoms with Gasteiger partial charge in [0, 0.05) is 50.9 Å². The number of rotatable bonds is 3. The number of benzene rings is 1. The number of hydrogen-bond acceptors (Lipinski definition) is 6. The summed E-state index contributed by atoms with van der Waals surface area (Å²) < 4.78 is 0. The molecule has 2 aromatic heterocycles. The van der Waals surface area contributed by atoms with Crippen LogP contribution in [0.3, 0.4) is 0 Å². The SMILES string of the molecule is CC(=O)N1CCN(c2ccnc(Nc3cccc4cccnc34)n2)CC1. The van der Waals surface area contributed by atoms with E-state index in [1.165, 1.54) is 0 Å². The number of hydrogen-bond donors (Lipinski definition) is 1. The van der Waals surface area contributed by atoms with Crippen LogP contribution >= 0.6 is 0 Å². The Balaban J connectivity index is 1.54. The molecule has 1 amide bonds. The number of nitrogens with one attached hydrogen (secondary N) is 1. The van der Waals surface area contributed by atoms with Crippen molar-refractivity contribution in [3.63, 3.8) is 0 Å². The average molecular weight is 348 g/mol. The summed E-state index contributed by atoms with van der Waals surface area (Å²) in [6.45, 7) is 4.59. The highest BCUT2D eigenvalue weighted by molar-refractivity contribution is 5.91. The molecule has 132 valence electrons. The lowest BCUT2D eigenvalue weighted by Crippen LogP contribution is -2.48. The van der Waals surface area contributed by atoms with Crippen molar-refractivity contribution >= 4 is 34.3 Å². The molecule has 0 atom stereocenters. The molecule has 7 nitrogen and oxygen atoms in total. The Bertz CT molecular complexity index is 931. The molecule has 4 rings (SSSR count). The Labute approximate surface area is 151 Å². The van der Waals surface area contributed by atoms with Crippen LogP contribution in [0.4, 0.5) is 17.5 Å². The van der Waals surface area contributed by atoms with Crippen molar-refractivity contribution in [2.45, 2.75) is 6.92 Å². The van der Waals surface area contributed by atoms with Gasteiger partial charge < -0.3 is 15.1 Å². The van der Waals surface area contributed by atoms with Crippen molar-refractivity contribution in [1.82, 2.24) is 19.9 Å². The summed E-state index contributed by atoms with van der Waals surface area (Å²) >= 11 is 0. The summed E-state index contributed by atoms with van der Waals surface area (Å²) in [7, 11) is 0. The Morgan fingerprint density at radius 2 is 1.81 bits per heavy atom. The number of fused-ring (bicyclic) bond motifs is 1. The molecule has 26 heavy (non-hydrogen) atoms. The topological polar surface area (TPSA) is 74.2 Å². The van der Waals surface area contributed by atoms with Gasteiger partial charge in [0.05, 0.1) is 11.2 Å². The van der Waals surface area contributed by atoms with Crippen LogP contribution in [0.15, 0.2) is 48.8 Å². The number of nitrogens with zero attached hydrogens (tertiary/aromatic N) is 5. The zero-order valence-corrected chi connectivity index (χ0v) is 14.6. The zero-order valence-electron chi connectivity index (χ0n) is 14.6. The first kappa shape index (κ1) is 16.3. The van der Waals surface area contributed by atoms with E-state index in [9.17, 15) is 4.79 Å². The van der Waals surface area contributed by atoms with E-state index in [1.54, 1.807) is 19.3 Å². The van der Waals surface area contributed by atoms with E-state index in [4.69, 9.17) is 0 Å². The van der Waals surface area contributed by atoms with E-state index in [2.05, 4.69) is 25.2 Å². The van der Waals surface area contributed by atoms with Gasteiger partial charge in [-0.3, -0.25) is 9.78 Å². The second-order valence-electron chi connectivity index (χ2n) is 6.24. The molecule has 0 radical (unpaired) electrons. The second kappa shape index (κ2) is 6.95. The number of amides is 1. The fraction of sp³-hybridized carbons (Fsp3) is 0.263. The minimum Gasteiger partial charge on any atom is -0.353 e. The third-order valence-corrected chi connectivity index (χ3v) is 4.57. The number of pyridine rings is 1. The molecule has 0 bridgehead atoms. The van der Waals surface area contributed by atoms with Gasteiger partial charge in [0.15, 0.2) is 0 Å². The summed E-state index contributed by atoms with van der Waals surface area (Å²) in [6.07, 6.45) is 3.53. The van der Waals surface area contributed by atoms with Gasteiger partial charge in [0.2, 0.25) is 11.9 Å². The van der Waals surface area contributed by atoms with Gasteiger partial charge in [-0.25, -0.2) is 4.98 Å². The van der Waals surface area contributed by atoms with Crippen LogP contribution in [-0.4, -0.2) is 51.9 Å². The normalized spacial score (nSPS) is 14.5. The highest BCUT2D eigenvalue weighted by Crippen LogP contribution is 2.24. The summed E-state index contributed by atoms with van der Waals surface area (Å²) in [5.41, 5.74) is 1.76. The highest BCUT2D eigenvalue weighted by atomic mass is 16.2. The first-order valence-electron chi connectivity index (χ1n) is 8.65. The van der Waals surface area contributed by atoms with E-state index >= 15 is 0 Å². The number of piperazine rings is 1. The van der Waals surface area contributed by atoms with Crippen molar-refractivity contribution in [2.24, 2.45) is 0 Å². The number of carbonyl (C=O) groups is 1. The molecule has 1 aliphatic heterocycles. The molecule has 7 heteroatoms. The summed E-state index contributed by atoms with van der Waals surface area (Å²) in [6, 6.07) is 11.8. The van der Waals surface area contributed by atoms with E-state index in [-0.39, 0.29) is 5.91 Å². The van der Waals surface area contributed by atoms with Gasteiger partial charge in [-0.05, 0) is 18.2 Å². The molecule has 0 spiro atoms. The molecule has 1 N–H and O–H groups in total. The fourth-order valence-electron chi connectivity index (χ4n) is 3.16. The second-order valence-corrected chi connectivity index (χ2v) is 6.24. The van der Waals surface area contributed by atoms with Crippen molar-refractivity contribution in [1.29, 1.82) is 0 Å². The molecule has 1 saturated heterocycles. The minimum atomic E-state index is 0.123. The lowest BCUT2D eigenvalue weighted by molar-refractivity contribution is -0.129. The van der Waals surface area contributed by atoms with Crippen molar-refractivity contribution in [3.8, 4) is 0 Å². The third kappa shape index (κ3) is 3.28. The van der Waals surface area contributed by atoms with Crippen molar-refractivity contribution in [2.75, 3.05) is 36.4 Å². The average Bonchev–Trinajstić information content (AvgIpc) is 2.69. The summed E-state index contributed by atoms with van der Waals surface area (Å²) in [4.78, 5) is 28.9. The first-order chi connectivity index (χ1) is 12.7. The lowest BCUT2D eigenvalue weighted by Gasteiger charge is -2.34. The molecule has 1 fully saturated rings. The summed E-state index contributed by atoms with van der Waals surface area (Å²) in [5, 5.41) is 4.34. The van der Waals surface area contributed by atoms with Crippen LogP contribution in [0.5, 0.6) is 0 Å². The highest BCUT2D eigenvalue weighted by Gasteiger charge is 2.19. The maximum Gasteiger partial charge on any atom is 0.229 e. The molecular formula is C19H20N6O. The van der Waals surface area contributed by atoms with Crippen molar-refractivity contribution in [3.05, 3.63) is 48.8 Å². The quantitative estimate of drug-likeness (QED) is 0.784. The number of aromatic nitrogens is 3. The van der Waals surface area contributed by atoms with E-state index in [0.717, 1.165) is 48.6 Å². The van der Waals surface area contributed by atoms with Crippen LogP contribution in [0, 0.1) is 0 Å². The van der Waals surface area contributed by atoms with Crippen LogP contribution in [0.25, 0.3) is 10.9 Å². The van der Waals surface area contributed by atoms with Crippen molar-refractivity contribution < 1.29 is 4.79 Å². The molecule has 0 unspecified atom stereocenters. The van der Waals surface area contributed by atoms with E-state index in [0.29, 0.717) is 5.95 Å². The molecular weight excluding hydrogens is 328 g/mol. The largest absolute Gasteiger partial charge is 0.353 e. The molecule has 3 heterocycles. The van der Waals surface area contributed by atoms with Gasteiger partial charge in [0.25, 0.3) is 0 Å². The lowest BCUT2D eigenvalue weighted by atomic mass is 10.2. The number of para-hydroxylation sites is 1. The van der Waals surface area contributed by atoms with Gasteiger partial charge in [0.1, 0.15) is 5.82 Å². The standard InChI is InChI=1S/C19H20N6O/c1-14(26)24-10-12-25(13-11-24)17-7-9-21-19(23-17)22-16-6-2-4-15-5-3-8-20-18(15)16/h2-9H,10-13H2,1H3,(H,21,22,23). The fourth-order valence-corrected chi connectivity index (χ4v) is 3.16. The number of carbonyl (C=O) groups excluding carboxylic acids is 1. The van der Waals surface area contributed by atoms with Crippen LogP contribution in [0.1, 0.15) is 6.92 Å². The Morgan fingerprint density at radius 1 is 1.00 bits per heavy atom. The van der Waals surface area contributed by atoms with Gasteiger partial charge in [-0.1, -0.05) is 18.2 Å². The Morgan fingerprint density at radius 3 is 2.62 bits per heavy atom. The predicted octanol–water partition coefficient (Wildman–Crippen LogP) is 2.44.